The number of aromatic amines is 1. The van der Waals surface area contributed by atoms with Gasteiger partial charge in [-0.1, -0.05) is 23.8 Å². The van der Waals surface area contributed by atoms with Gasteiger partial charge in [0, 0.05) is 23.1 Å². The van der Waals surface area contributed by atoms with Gasteiger partial charge in [0.2, 0.25) is 5.88 Å². The van der Waals surface area contributed by atoms with E-state index in [9.17, 15) is 24.8 Å². The van der Waals surface area contributed by atoms with Gasteiger partial charge in [-0.15, -0.1) is 10.2 Å². The number of nitro benzene ring substituents is 1. The maximum atomic E-state index is 12.7. The Kier molecular flexibility index (Phi) is 5.64. The number of rotatable bonds is 5. The third kappa shape index (κ3) is 4.44. The van der Waals surface area contributed by atoms with Crippen molar-refractivity contribution in [1.29, 1.82) is 0 Å². The summed E-state index contributed by atoms with van der Waals surface area (Å²) in [6, 6.07) is 16.8. The number of fused-ring (bicyclic) bond motifs is 1. The Hall–Kier alpha value is -4.86. The van der Waals surface area contributed by atoms with Crippen LogP contribution in [0, 0.1) is 17.0 Å². The summed E-state index contributed by atoms with van der Waals surface area (Å²) in [5.41, 5.74) is 2.06. The Bertz CT molecular complexity index is 1420. The van der Waals surface area contributed by atoms with E-state index in [1.807, 2.05) is 19.1 Å². The van der Waals surface area contributed by atoms with Crippen molar-refractivity contribution in [3.63, 3.8) is 0 Å². The number of nitro groups is 1. The van der Waals surface area contributed by atoms with Gasteiger partial charge in [0.25, 0.3) is 17.5 Å². The van der Waals surface area contributed by atoms with E-state index in [-0.39, 0.29) is 34.1 Å². The molecule has 4 rings (SSSR count). The number of carbonyl (C=O) groups excluding carboxylic acids is 2. The predicted molar refractivity (Wildman–Crippen MR) is 121 cm³/mol. The monoisotopic (exact) mass is 443 g/mol. The van der Waals surface area contributed by atoms with Gasteiger partial charge < -0.3 is 15.4 Å². The fourth-order valence-electron chi connectivity index (χ4n) is 3.24. The van der Waals surface area contributed by atoms with Crippen LogP contribution in [0.25, 0.3) is 10.9 Å². The number of non-ortho nitro benzene ring substituents is 1. The number of anilines is 1. The molecule has 164 valence electrons. The van der Waals surface area contributed by atoms with Crippen molar-refractivity contribution in [3.8, 4) is 5.88 Å². The number of nitrogens with one attached hydrogen (secondary N) is 2. The van der Waals surface area contributed by atoms with Crippen LogP contribution < -0.4 is 5.32 Å². The number of hydrogen-bond donors (Lipinski definition) is 3. The third-order valence-corrected chi connectivity index (χ3v) is 4.89. The number of hydrogen-bond acceptors (Lipinski definition) is 6. The zero-order valence-corrected chi connectivity index (χ0v) is 17.3. The van der Waals surface area contributed by atoms with E-state index in [1.54, 1.807) is 18.2 Å². The molecule has 0 fully saturated rings. The number of benzene rings is 3. The number of aromatic hydroxyl groups is 1. The minimum Gasteiger partial charge on any atom is -0.493 e. The van der Waals surface area contributed by atoms with E-state index < -0.39 is 16.7 Å². The van der Waals surface area contributed by atoms with Crippen LogP contribution >= 0.6 is 0 Å². The van der Waals surface area contributed by atoms with Gasteiger partial charge in [-0.05, 0) is 43.3 Å². The number of nitrogens with zero attached hydrogens (tertiary/aromatic N) is 3. The average molecular weight is 443 g/mol. The number of para-hydroxylation sites is 1. The summed E-state index contributed by atoms with van der Waals surface area (Å²) >= 11 is 0. The highest BCUT2D eigenvalue weighted by atomic mass is 16.6. The molecule has 2 amide bonds. The molecule has 3 aromatic carbocycles. The lowest BCUT2D eigenvalue weighted by Gasteiger charge is -2.08. The number of aromatic nitrogens is 1. The lowest BCUT2D eigenvalue weighted by molar-refractivity contribution is -0.384. The van der Waals surface area contributed by atoms with Crippen molar-refractivity contribution >= 4 is 39.8 Å². The minimum atomic E-state index is -0.726. The predicted octanol–water partition coefficient (Wildman–Crippen LogP) is 5.27. The summed E-state index contributed by atoms with van der Waals surface area (Å²) in [4.78, 5) is 38.3. The highest BCUT2D eigenvalue weighted by Gasteiger charge is 2.16. The zero-order chi connectivity index (χ0) is 23.5. The van der Waals surface area contributed by atoms with E-state index in [0.717, 1.165) is 5.56 Å². The van der Waals surface area contributed by atoms with Gasteiger partial charge in [-0.2, -0.15) is 0 Å². The van der Waals surface area contributed by atoms with Gasteiger partial charge in [0.1, 0.15) is 0 Å². The summed E-state index contributed by atoms with van der Waals surface area (Å²) < 4.78 is 0. The maximum absolute atomic E-state index is 12.7. The van der Waals surface area contributed by atoms with Crippen LogP contribution in [0.5, 0.6) is 5.88 Å². The first kappa shape index (κ1) is 21.4. The molecular weight excluding hydrogens is 426 g/mol. The number of carbonyl (C=O) groups is 2. The number of aryl methyl sites for hydroxylation is 1. The second-order valence-electron chi connectivity index (χ2n) is 7.18. The van der Waals surface area contributed by atoms with Crippen molar-refractivity contribution in [2.45, 2.75) is 6.92 Å². The van der Waals surface area contributed by atoms with Gasteiger partial charge in [0.15, 0.2) is 5.69 Å². The zero-order valence-electron chi connectivity index (χ0n) is 17.3. The summed E-state index contributed by atoms with van der Waals surface area (Å²) in [7, 11) is 0. The highest BCUT2D eigenvalue weighted by molar-refractivity contribution is 6.09. The van der Waals surface area contributed by atoms with Gasteiger partial charge in [-0.3, -0.25) is 19.7 Å². The van der Waals surface area contributed by atoms with Crippen molar-refractivity contribution in [2.75, 3.05) is 5.32 Å². The van der Waals surface area contributed by atoms with E-state index in [2.05, 4.69) is 20.5 Å². The smallest absolute Gasteiger partial charge is 0.297 e. The van der Waals surface area contributed by atoms with Crippen molar-refractivity contribution in [2.24, 2.45) is 10.2 Å². The minimum absolute atomic E-state index is 0.0898. The summed E-state index contributed by atoms with van der Waals surface area (Å²) in [6.07, 6.45) is 0. The first-order valence-electron chi connectivity index (χ1n) is 9.75. The van der Waals surface area contributed by atoms with Gasteiger partial charge in [0.05, 0.1) is 21.7 Å². The number of H-pyrrole nitrogens is 1. The molecule has 1 aromatic heterocycles. The number of azo groups is 1. The van der Waals surface area contributed by atoms with Crippen LogP contribution in [0.2, 0.25) is 0 Å². The molecule has 0 saturated heterocycles. The lowest BCUT2D eigenvalue weighted by atomic mass is 10.1. The Morgan fingerprint density at radius 2 is 1.79 bits per heavy atom. The normalized spacial score (nSPS) is 11.1. The fourth-order valence-corrected chi connectivity index (χ4v) is 3.24. The van der Waals surface area contributed by atoms with Crippen LogP contribution in [0.4, 0.5) is 17.1 Å². The Labute approximate surface area is 186 Å². The quantitative estimate of drug-likeness (QED) is 0.218. The Morgan fingerprint density at radius 1 is 1.06 bits per heavy atom. The molecule has 10 nitrogen and oxygen atoms in total. The van der Waals surface area contributed by atoms with E-state index in [4.69, 9.17) is 0 Å². The molecule has 10 heteroatoms. The molecule has 4 aromatic rings. The Morgan fingerprint density at radius 3 is 2.52 bits per heavy atom. The second-order valence-corrected chi connectivity index (χ2v) is 7.18. The molecule has 0 aliphatic carbocycles. The standard InChI is InChI=1S/C23H17N5O5/c1-13-6-11-19-17(12-13)20(23(31)25-19)26-27-22(30)16-4-2-3-5-18(16)24-21(29)14-7-9-15(10-8-14)28(32)33/h2-12,25,31H,1H3,(H,24,29). The van der Waals surface area contributed by atoms with Crippen molar-refractivity contribution in [3.05, 3.63) is 93.5 Å². The number of amides is 2. The fraction of sp³-hybridized carbons (Fsp3) is 0.0435. The van der Waals surface area contributed by atoms with Crippen LogP contribution in [0.15, 0.2) is 77.0 Å². The van der Waals surface area contributed by atoms with Crippen LogP contribution in [0.1, 0.15) is 26.3 Å². The van der Waals surface area contributed by atoms with E-state index in [1.165, 1.54) is 36.4 Å². The lowest BCUT2D eigenvalue weighted by Crippen LogP contribution is -2.14. The molecule has 0 unspecified atom stereocenters. The first-order valence-corrected chi connectivity index (χ1v) is 9.75. The van der Waals surface area contributed by atoms with Gasteiger partial charge in [-0.25, -0.2) is 0 Å². The van der Waals surface area contributed by atoms with E-state index >= 15 is 0 Å². The molecule has 0 radical (unpaired) electrons. The largest absolute Gasteiger partial charge is 0.493 e. The van der Waals surface area contributed by atoms with Crippen molar-refractivity contribution in [1.82, 2.24) is 4.98 Å². The molecule has 0 atom stereocenters. The SMILES string of the molecule is Cc1ccc2[nH]c(O)c(N=NC(=O)c3ccccc3NC(=O)c3ccc([N+](=O)[O-])cc3)c2c1. The Balaban J connectivity index is 1.58. The van der Waals surface area contributed by atoms with Crippen LogP contribution in [0.3, 0.4) is 0 Å². The van der Waals surface area contributed by atoms with Crippen LogP contribution in [-0.4, -0.2) is 26.8 Å². The van der Waals surface area contributed by atoms with Crippen molar-refractivity contribution < 1.29 is 19.6 Å². The highest BCUT2D eigenvalue weighted by Crippen LogP contribution is 2.36. The molecule has 0 aliphatic heterocycles. The van der Waals surface area contributed by atoms with Gasteiger partial charge >= 0.3 is 0 Å². The molecule has 1 heterocycles. The molecular formula is C23H17N5O5. The molecule has 0 bridgehead atoms. The average Bonchev–Trinajstić information content (AvgIpc) is 3.12. The summed E-state index contributed by atoms with van der Waals surface area (Å²) in [5, 5.41) is 31.8. The summed E-state index contributed by atoms with van der Waals surface area (Å²) in [5.74, 6) is -1.49. The molecule has 0 saturated carbocycles. The third-order valence-electron chi connectivity index (χ3n) is 4.89. The van der Waals surface area contributed by atoms with Crippen LogP contribution in [-0.2, 0) is 0 Å². The molecule has 33 heavy (non-hydrogen) atoms. The first-order chi connectivity index (χ1) is 15.8. The molecule has 0 spiro atoms. The summed E-state index contributed by atoms with van der Waals surface area (Å²) in [6.45, 7) is 1.89. The molecule has 3 N–H and O–H groups in total. The van der Waals surface area contributed by atoms with E-state index in [0.29, 0.717) is 10.9 Å². The second kappa shape index (κ2) is 8.71. The molecule has 0 aliphatic rings. The topological polar surface area (TPSA) is 150 Å². The maximum Gasteiger partial charge on any atom is 0.297 e.